The van der Waals surface area contributed by atoms with Gasteiger partial charge < -0.3 is 20.4 Å². The van der Waals surface area contributed by atoms with Crippen molar-refractivity contribution in [3.8, 4) is 0 Å². The summed E-state index contributed by atoms with van der Waals surface area (Å²) in [5, 5.41) is 7.32. The molecule has 1 saturated carbocycles. The van der Waals surface area contributed by atoms with Crippen molar-refractivity contribution in [3.05, 3.63) is 41.0 Å². The van der Waals surface area contributed by atoms with Crippen LogP contribution in [-0.4, -0.2) is 55.6 Å². The van der Waals surface area contributed by atoms with Crippen LogP contribution in [0.2, 0.25) is 5.02 Å². The van der Waals surface area contributed by atoms with E-state index >= 15 is 0 Å². The van der Waals surface area contributed by atoms with Crippen LogP contribution in [0.1, 0.15) is 31.2 Å². The highest BCUT2D eigenvalue weighted by Gasteiger charge is 2.23. The fraction of sp³-hybridized carbons (Fsp3) is 0.500. The topological polar surface area (TPSA) is 73.4 Å². The zero-order valence-corrected chi connectivity index (χ0v) is 18.9. The number of rotatable bonds is 7. The van der Waals surface area contributed by atoms with Gasteiger partial charge in [0.1, 0.15) is 5.82 Å². The van der Waals surface area contributed by atoms with Gasteiger partial charge in [0.2, 0.25) is 11.9 Å². The zero-order chi connectivity index (χ0) is 21.7. The number of hydrogen-bond acceptors (Lipinski definition) is 6. The lowest BCUT2D eigenvalue weighted by molar-refractivity contribution is -0.120. The number of likely N-dealkylation sites (N-methyl/N-ethyl adjacent to an activating group) is 1. The molecule has 0 atom stereocenters. The Kier molecular flexibility index (Phi) is 7.37. The second-order valence-electron chi connectivity index (χ2n) is 8.19. The van der Waals surface area contributed by atoms with Crippen molar-refractivity contribution >= 4 is 35.0 Å². The minimum Gasteiger partial charge on any atom is -0.365 e. The number of benzene rings is 1. The second kappa shape index (κ2) is 9.98. The van der Waals surface area contributed by atoms with Crippen LogP contribution < -0.4 is 20.4 Å². The quantitative estimate of drug-likeness (QED) is 0.700. The summed E-state index contributed by atoms with van der Waals surface area (Å²) >= 11 is 5.93. The fourth-order valence-electron chi connectivity index (χ4n) is 3.80. The normalized spacial score (nSPS) is 18.6. The van der Waals surface area contributed by atoms with Gasteiger partial charge in [0.15, 0.2) is 0 Å². The molecule has 0 spiro atoms. The minimum absolute atomic E-state index is 0.0429. The molecule has 1 aliphatic carbocycles. The Bertz CT molecular complexity index is 849. The third-order valence-corrected chi connectivity index (χ3v) is 5.69. The third kappa shape index (κ3) is 5.98. The smallest absolute Gasteiger partial charge is 0.239 e. The van der Waals surface area contributed by atoms with Gasteiger partial charge in [-0.25, -0.2) is 4.98 Å². The molecule has 2 N–H and O–H groups in total. The van der Waals surface area contributed by atoms with Crippen LogP contribution in [0, 0.1) is 6.92 Å². The lowest BCUT2D eigenvalue weighted by Crippen LogP contribution is -2.44. The lowest BCUT2D eigenvalue weighted by atomic mass is 9.91. The average molecular weight is 431 g/mol. The highest BCUT2D eigenvalue weighted by Crippen LogP contribution is 2.23. The van der Waals surface area contributed by atoms with E-state index in [1.807, 2.05) is 68.3 Å². The number of aryl methyl sites for hydroxylation is 1. The molecule has 0 aliphatic heterocycles. The van der Waals surface area contributed by atoms with E-state index < -0.39 is 0 Å². The number of aromatic nitrogens is 2. The first kappa shape index (κ1) is 22.2. The molecular formula is C22H31ClN6O. The number of halogens is 1. The van der Waals surface area contributed by atoms with Gasteiger partial charge in [-0.2, -0.15) is 4.98 Å². The van der Waals surface area contributed by atoms with Gasteiger partial charge in [0, 0.05) is 55.7 Å². The number of amides is 1. The summed E-state index contributed by atoms with van der Waals surface area (Å²) < 4.78 is 0. The van der Waals surface area contributed by atoms with E-state index in [0.717, 1.165) is 42.8 Å². The fourth-order valence-corrected chi connectivity index (χ4v) is 3.92. The Balaban J connectivity index is 1.44. The predicted molar refractivity (Wildman–Crippen MR) is 124 cm³/mol. The van der Waals surface area contributed by atoms with Gasteiger partial charge in [-0.1, -0.05) is 11.6 Å². The molecule has 1 fully saturated rings. The zero-order valence-electron chi connectivity index (χ0n) is 18.2. The summed E-state index contributed by atoms with van der Waals surface area (Å²) in [7, 11) is 5.88. The van der Waals surface area contributed by atoms with Crippen LogP contribution in [0.5, 0.6) is 0 Å². The van der Waals surface area contributed by atoms with Crippen molar-refractivity contribution < 1.29 is 4.79 Å². The van der Waals surface area contributed by atoms with Crippen LogP contribution in [0.15, 0.2) is 30.5 Å². The average Bonchev–Trinajstić information content (AvgIpc) is 2.71. The van der Waals surface area contributed by atoms with Gasteiger partial charge in [-0.15, -0.1) is 0 Å². The largest absolute Gasteiger partial charge is 0.365 e. The first-order chi connectivity index (χ1) is 14.3. The standard InChI is InChI=1S/C22H31ClN6O/c1-15-13-24-22(27-21(15)28(2)3)26-18-9-7-17(8-10-18)25-20(30)14-29(4)19-11-5-16(23)6-12-19/h5-6,11-13,17-18H,7-10,14H2,1-4H3,(H,25,30)(H,24,26,27). The van der Waals surface area contributed by atoms with E-state index in [-0.39, 0.29) is 11.9 Å². The van der Waals surface area contributed by atoms with Gasteiger partial charge in [0.25, 0.3) is 0 Å². The summed E-state index contributed by atoms with van der Waals surface area (Å²) in [5.41, 5.74) is 2.03. The molecular weight excluding hydrogens is 400 g/mol. The molecule has 162 valence electrons. The Hall–Kier alpha value is -2.54. The first-order valence-corrected chi connectivity index (χ1v) is 10.7. The van der Waals surface area contributed by atoms with Crippen LogP contribution in [0.4, 0.5) is 17.5 Å². The Morgan fingerprint density at radius 2 is 1.73 bits per heavy atom. The molecule has 1 aromatic heterocycles. The van der Waals surface area contributed by atoms with Crippen LogP contribution in [-0.2, 0) is 4.79 Å². The van der Waals surface area contributed by atoms with Crippen LogP contribution in [0.25, 0.3) is 0 Å². The molecule has 1 heterocycles. The number of nitrogens with one attached hydrogen (secondary N) is 2. The summed E-state index contributed by atoms with van der Waals surface area (Å²) in [6.45, 7) is 2.34. The maximum atomic E-state index is 12.4. The summed E-state index contributed by atoms with van der Waals surface area (Å²) in [6, 6.07) is 8.04. The van der Waals surface area contributed by atoms with Crippen molar-refractivity contribution in [2.45, 2.75) is 44.7 Å². The Morgan fingerprint density at radius 3 is 2.37 bits per heavy atom. The highest BCUT2D eigenvalue weighted by atomic mass is 35.5. The lowest BCUT2D eigenvalue weighted by Gasteiger charge is -2.30. The molecule has 0 unspecified atom stereocenters. The van der Waals surface area contributed by atoms with Crippen molar-refractivity contribution in [3.63, 3.8) is 0 Å². The van der Waals surface area contributed by atoms with Crippen molar-refractivity contribution in [1.29, 1.82) is 0 Å². The van der Waals surface area contributed by atoms with Gasteiger partial charge in [-0.3, -0.25) is 4.79 Å². The molecule has 30 heavy (non-hydrogen) atoms. The molecule has 0 saturated heterocycles. The number of carbonyl (C=O) groups is 1. The SMILES string of the molecule is Cc1cnc(NC2CCC(NC(=O)CN(C)c3ccc(Cl)cc3)CC2)nc1N(C)C. The molecule has 1 aliphatic rings. The number of carbonyl (C=O) groups excluding carboxylic acids is 1. The second-order valence-corrected chi connectivity index (χ2v) is 8.62. The monoisotopic (exact) mass is 430 g/mol. The molecule has 3 rings (SSSR count). The molecule has 1 aromatic carbocycles. The first-order valence-electron chi connectivity index (χ1n) is 10.4. The van der Waals surface area contributed by atoms with Crippen LogP contribution in [0.3, 0.4) is 0 Å². The molecule has 7 nitrogen and oxygen atoms in total. The molecule has 8 heteroatoms. The van der Waals surface area contributed by atoms with Gasteiger partial charge >= 0.3 is 0 Å². The summed E-state index contributed by atoms with van der Waals surface area (Å²) in [5.74, 6) is 1.64. The number of nitrogens with zero attached hydrogens (tertiary/aromatic N) is 4. The summed E-state index contributed by atoms with van der Waals surface area (Å²) in [6.07, 6.45) is 5.70. The van der Waals surface area contributed by atoms with E-state index in [4.69, 9.17) is 11.6 Å². The molecule has 0 bridgehead atoms. The summed E-state index contributed by atoms with van der Waals surface area (Å²) in [4.78, 5) is 25.4. The van der Waals surface area contributed by atoms with Crippen molar-refractivity contribution in [2.75, 3.05) is 42.8 Å². The molecule has 2 aromatic rings. The number of anilines is 3. The maximum Gasteiger partial charge on any atom is 0.239 e. The Morgan fingerprint density at radius 1 is 1.10 bits per heavy atom. The van der Waals surface area contributed by atoms with Crippen LogP contribution >= 0.6 is 11.6 Å². The maximum absolute atomic E-state index is 12.4. The van der Waals surface area contributed by atoms with E-state index in [1.54, 1.807) is 0 Å². The van der Waals surface area contributed by atoms with E-state index in [2.05, 4.69) is 20.6 Å². The third-order valence-electron chi connectivity index (χ3n) is 5.44. The van der Waals surface area contributed by atoms with Crippen molar-refractivity contribution in [1.82, 2.24) is 15.3 Å². The molecule has 1 amide bonds. The predicted octanol–water partition coefficient (Wildman–Crippen LogP) is 3.48. The van der Waals surface area contributed by atoms with E-state index in [9.17, 15) is 4.79 Å². The highest BCUT2D eigenvalue weighted by molar-refractivity contribution is 6.30. The van der Waals surface area contributed by atoms with E-state index in [0.29, 0.717) is 23.6 Å². The van der Waals surface area contributed by atoms with E-state index in [1.165, 1.54) is 0 Å². The van der Waals surface area contributed by atoms with Gasteiger partial charge in [0.05, 0.1) is 6.54 Å². The molecule has 0 radical (unpaired) electrons. The number of hydrogen-bond donors (Lipinski definition) is 2. The van der Waals surface area contributed by atoms with Gasteiger partial charge in [-0.05, 0) is 56.9 Å². The van der Waals surface area contributed by atoms with Crippen molar-refractivity contribution in [2.24, 2.45) is 0 Å². The Labute approximate surface area is 183 Å². The minimum atomic E-state index is 0.0429.